The molecule has 0 amide bonds. The molecule has 0 spiro atoms. The van der Waals surface area contributed by atoms with Crippen LogP contribution in [-0.2, 0) is 16.1 Å². The van der Waals surface area contributed by atoms with E-state index in [1.54, 1.807) is 18.6 Å². The average Bonchev–Trinajstić information content (AvgIpc) is 3.56. The van der Waals surface area contributed by atoms with E-state index in [4.69, 9.17) is 14.5 Å². The van der Waals surface area contributed by atoms with Gasteiger partial charge >= 0.3 is 5.97 Å². The van der Waals surface area contributed by atoms with Crippen molar-refractivity contribution in [3.05, 3.63) is 131 Å². The van der Waals surface area contributed by atoms with Gasteiger partial charge < -0.3 is 14.0 Å². The van der Waals surface area contributed by atoms with Crippen molar-refractivity contribution in [2.75, 3.05) is 13.7 Å². The van der Waals surface area contributed by atoms with Crippen LogP contribution in [0.2, 0.25) is 0 Å². The molecule has 0 bridgehead atoms. The van der Waals surface area contributed by atoms with Crippen molar-refractivity contribution in [3.8, 4) is 11.8 Å². The lowest BCUT2D eigenvalue weighted by atomic mass is 9.94. The fourth-order valence-corrected chi connectivity index (χ4v) is 7.47. The van der Waals surface area contributed by atoms with Crippen LogP contribution in [0, 0.1) is 11.3 Å². The number of rotatable bonds is 9. The molecule has 0 saturated heterocycles. The monoisotopic (exact) mass is 694 g/mol. The van der Waals surface area contributed by atoms with Crippen LogP contribution >= 0.6 is 27.3 Å². The predicted molar refractivity (Wildman–Crippen MR) is 183 cm³/mol. The highest BCUT2D eigenvalue weighted by molar-refractivity contribution is 9.10. The number of fused-ring (bicyclic) bond motifs is 2. The number of carbonyl (C=O) groups is 1. The Hall–Kier alpha value is -4.72. The molecular weight excluding hydrogens is 664 g/mol. The average molecular weight is 696 g/mol. The Morgan fingerprint density at radius 1 is 1.13 bits per heavy atom. The zero-order valence-electron chi connectivity index (χ0n) is 25.6. The summed E-state index contributed by atoms with van der Waals surface area (Å²) in [6.45, 7) is 4.51. The molecule has 10 heteroatoms. The number of aromatic nitrogens is 2. The van der Waals surface area contributed by atoms with Gasteiger partial charge in [0.05, 0.1) is 51.7 Å². The van der Waals surface area contributed by atoms with E-state index >= 15 is 0 Å². The van der Waals surface area contributed by atoms with Gasteiger partial charge in [0.2, 0.25) is 0 Å². The van der Waals surface area contributed by atoms with Crippen molar-refractivity contribution in [3.63, 3.8) is 0 Å². The molecule has 2 aromatic heterocycles. The van der Waals surface area contributed by atoms with Gasteiger partial charge in [0, 0.05) is 29.2 Å². The molecule has 8 nitrogen and oxygen atoms in total. The molecule has 5 aromatic rings. The molecule has 0 radical (unpaired) electrons. The third kappa shape index (κ3) is 5.72. The van der Waals surface area contributed by atoms with Gasteiger partial charge in [-0.3, -0.25) is 9.36 Å². The molecule has 0 N–H and O–H groups in total. The summed E-state index contributed by atoms with van der Waals surface area (Å²) in [5, 5.41) is 10.6. The number of carbonyl (C=O) groups excluding carboxylic acids is 1. The number of nitrogens with zero attached hydrogens (tertiary/aromatic N) is 4. The van der Waals surface area contributed by atoms with Crippen molar-refractivity contribution in [1.82, 2.24) is 9.13 Å². The molecule has 0 saturated carbocycles. The maximum Gasteiger partial charge on any atom is 0.338 e. The number of nitriles is 1. The van der Waals surface area contributed by atoms with Gasteiger partial charge in [-0.15, -0.1) is 0 Å². The van der Waals surface area contributed by atoms with Crippen LogP contribution in [0.15, 0.2) is 98.5 Å². The number of benzene rings is 3. The molecule has 3 heterocycles. The molecule has 0 fully saturated rings. The van der Waals surface area contributed by atoms with Crippen molar-refractivity contribution in [2.24, 2.45) is 4.99 Å². The first-order valence-electron chi connectivity index (χ1n) is 15.0. The van der Waals surface area contributed by atoms with Gasteiger partial charge in [-0.25, -0.2) is 9.79 Å². The van der Waals surface area contributed by atoms with Crippen LogP contribution in [-0.4, -0.2) is 28.8 Å². The third-order valence-corrected chi connectivity index (χ3v) is 9.57. The van der Waals surface area contributed by atoms with Gasteiger partial charge in [0.1, 0.15) is 5.75 Å². The SMILES string of the molecule is CCCC1=C(C(=O)OCC)[C@H](c2ccc(OC)c(Br)c2)n2c(s/c(=C/c3cn(Cc4ccccc4C#N)c4ccccc34)c2=O)=N1. The molecule has 6 rings (SSSR count). The Balaban J connectivity index is 1.55. The molecule has 3 aromatic carbocycles. The molecule has 1 atom stereocenters. The van der Waals surface area contributed by atoms with Gasteiger partial charge in [-0.05, 0) is 70.7 Å². The summed E-state index contributed by atoms with van der Waals surface area (Å²) in [4.78, 5) is 33.3. The van der Waals surface area contributed by atoms with E-state index in [2.05, 4.69) is 26.6 Å². The first kappa shape index (κ1) is 31.3. The first-order valence-corrected chi connectivity index (χ1v) is 16.6. The molecule has 232 valence electrons. The first-order chi connectivity index (χ1) is 22.4. The minimum Gasteiger partial charge on any atom is -0.496 e. The molecule has 0 aliphatic carbocycles. The summed E-state index contributed by atoms with van der Waals surface area (Å²) < 4.78 is 15.9. The second-order valence-electron chi connectivity index (χ2n) is 10.8. The van der Waals surface area contributed by atoms with Crippen molar-refractivity contribution < 1.29 is 14.3 Å². The Kier molecular flexibility index (Phi) is 9.06. The Morgan fingerprint density at radius 2 is 1.91 bits per heavy atom. The number of esters is 1. The van der Waals surface area contributed by atoms with E-state index in [9.17, 15) is 14.9 Å². The summed E-state index contributed by atoms with van der Waals surface area (Å²) in [6.07, 6.45) is 5.24. The zero-order chi connectivity index (χ0) is 32.4. The fraction of sp³-hybridized carbons (Fsp3) is 0.222. The quantitative estimate of drug-likeness (QED) is 0.171. The number of methoxy groups -OCH3 is 1. The number of para-hydroxylation sites is 1. The lowest BCUT2D eigenvalue weighted by Crippen LogP contribution is -2.40. The number of hydrogen-bond acceptors (Lipinski definition) is 7. The Bertz CT molecular complexity index is 2240. The number of thiazole rings is 1. The van der Waals surface area contributed by atoms with E-state index in [-0.39, 0.29) is 12.2 Å². The van der Waals surface area contributed by atoms with Crippen LogP contribution in [0.25, 0.3) is 17.0 Å². The maximum absolute atomic E-state index is 14.3. The normalized spacial score (nSPS) is 14.6. The standard InChI is InChI=1S/C36H31BrN4O4S/c1-4-10-28-32(35(43)45-5-2)33(22-15-16-30(44-3)27(37)17-22)41-34(42)31(46-36(41)39-28)18-25-21-40(29-14-9-8-13-26(25)29)20-24-12-7-6-11-23(24)19-38/h6-9,11-18,21,33H,4-5,10,20H2,1-3H3/b31-18+/t33-/m0/s1. The third-order valence-electron chi connectivity index (χ3n) is 7.97. The summed E-state index contributed by atoms with van der Waals surface area (Å²) >= 11 is 4.89. The topological polar surface area (TPSA) is 98.6 Å². The van der Waals surface area contributed by atoms with E-state index < -0.39 is 12.0 Å². The number of hydrogen-bond donors (Lipinski definition) is 0. The summed E-state index contributed by atoms with van der Waals surface area (Å²) in [5.74, 6) is 0.155. The van der Waals surface area contributed by atoms with Crippen LogP contribution in [0.3, 0.4) is 0 Å². The van der Waals surface area contributed by atoms with Crippen LogP contribution < -0.4 is 19.6 Å². The molecule has 1 aliphatic rings. The van der Waals surface area contributed by atoms with Crippen LogP contribution in [0.1, 0.15) is 55.0 Å². The highest BCUT2D eigenvalue weighted by Gasteiger charge is 2.34. The molecular formula is C36H31BrN4O4S. The van der Waals surface area contributed by atoms with E-state index in [1.807, 2.05) is 85.9 Å². The lowest BCUT2D eigenvalue weighted by Gasteiger charge is -2.26. The summed E-state index contributed by atoms with van der Waals surface area (Å²) in [7, 11) is 1.59. The fourth-order valence-electron chi connectivity index (χ4n) is 5.90. The largest absolute Gasteiger partial charge is 0.496 e. The van der Waals surface area contributed by atoms with E-state index in [1.165, 1.54) is 11.3 Å². The minimum atomic E-state index is -0.731. The Morgan fingerprint density at radius 3 is 2.65 bits per heavy atom. The lowest BCUT2D eigenvalue weighted by molar-refractivity contribution is -0.139. The van der Waals surface area contributed by atoms with Crippen molar-refractivity contribution >= 4 is 50.2 Å². The smallest absolute Gasteiger partial charge is 0.338 e. The second-order valence-corrected chi connectivity index (χ2v) is 12.7. The molecule has 46 heavy (non-hydrogen) atoms. The second kappa shape index (κ2) is 13.3. The molecule has 1 aliphatic heterocycles. The van der Waals surface area contributed by atoms with Gasteiger partial charge in [-0.1, -0.05) is 67.1 Å². The van der Waals surface area contributed by atoms with Gasteiger partial charge in [0.15, 0.2) is 4.80 Å². The Labute approximate surface area is 278 Å². The summed E-state index contributed by atoms with van der Waals surface area (Å²) in [6, 6.07) is 22.7. The van der Waals surface area contributed by atoms with E-state index in [0.29, 0.717) is 49.4 Å². The zero-order valence-corrected chi connectivity index (χ0v) is 28.0. The van der Waals surface area contributed by atoms with E-state index in [0.717, 1.165) is 34.0 Å². The minimum absolute atomic E-state index is 0.202. The van der Waals surface area contributed by atoms with Crippen molar-refractivity contribution in [2.45, 2.75) is 39.3 Å². The maximum atomic E-state index is 14.3. The van der Waals surface area contributed by atoms with Crippen LogP contribution in [0.5, 0.6) is 5.75 Å². The number of halogens is 1. The van der Waals surface area contributed by atoms with Crippen molar-refractivity contribution in [1.29, 1.82) is 5.26 Å². The van der Waals surface area contributed by atoms with Gasteiger partial charge in [-0.2, -0.15) is 5.26 Å². The number of allylic oxidation sites excluding steroid dienone is 1. The van der Waals surface area contributed by atoms with Gasteiger partial charge in [0.25, 0.3) is 5.56 Å². The summed E-state index contributed by atoms with van der Waals surface area (Å²) in [5.41, 5.74) is 4.88. The molecule has 0 unspecified atom stereocenters. The van der Waals surface area contributed by atoms with Crippen LogP contribution in [0.4, 0.5) is 0 Å². The predicted octanol–water partition coefficient (Wildman–Crippen LogP) is 6.22. The highest BCUT2D eigenvalue weighted by atomic mass is 79.9. The highest BCUT2D eigenvalue weighted by Crippen LogP contribution is 2.36. The number of ether oxygens (including phenoxy) is 2.